The first-order valence-electron chi connectivity index (χ1n) is 10.4. The molecule has 2 aromatic carbocycles. The van der Waals surface area contributed by atoms with Crippen LogP contribution in [0.2, 0.25) is 0 Å². The third-order valence-corrected chi connectivity index (χ3v) is 4.80. The van der Waals surface area contributed by atoms with E-state index in [1.54, 1.807) is 18.3 Å². The molecule has 0 saturated carbocycles. The van der Waals surface area contributed by atoms with Crippen LogP contribution in [0, 0.1) is 0 Å². The van der Waals surface area contributed by atoms with E-state index in [2.05, 4.69) is 51.8 Å². The Morgan fingerprint density at radius 1 is 0.931 bits per heavy atom. The maximum absolute atomic E-state index is 9.36. The molecule has 29 heavy (non-hydrogen) atoms. The quantitative estimate of drug-likeness (QED) is 0.411. The first-order valence-corrected chi connectivity index (χ1v) is 10.4. The molecular formula is C24H30N4O. The van der Waals surface area contributed by atoms with E-state index in [1.807, 2.05) is 18.2 Å². The molecule has 5 heteroatoms. The van der Waals surface area contributed by atoms with Crippen LogP contribution in [0.5, 0.6) is 5.75 Å². The monoisotopic (exact) mass is 390 g/mol. The van der Waals surface area contributed by atoms with Crippen LogP contribution < -0.4 is 10.6 Å². The number of aromatic nitrogens is 2. The normalized spacial score (nSPS) is 10.8. The van der Waals surface area contributed by atoms with Crippen LogP contribution in [-0.4, -0.2) is 28.2 Å². The van der Waals surface area contributed by atoms with Crippen LogP contribution in [0.4, 0.5) is 5.95 Å². The Morgan fingerprint density at radius 3 is 2.62 bits per heavy atom. The molecule has 3 rings (SSSR count). The average Bonchev–Trinajstić information content (AvgIpc) is 2.75. The van der Waals surface area contributed by atoms with Crippen molar-refractivity contribution in [2.45, 2.75) is 39.2 Å². The minimum atomic E-state index is 0.288. The van der Waals surface area contributed by atoms with Gasteiger partial charge in [-0.25, -0.2) is 9.97 Å². The second kappa shape index (κ2) is 11.2. The molecule has 152 valence electrons. The molecule has 1 aromatic heterocycles. The van der Waals surface area contributed by atoms with E-state index in [0.29, 0.717) is 5.95 Å². The summed E-state index contributed by atoms with van der Waals surface area (Å²) in [5.74, 6) is 0.917. The molecule has 0 aliphatic carbocycles. The van der Waals surface area contributed by atoms with Crippen molar-refractivity contribution < 1.29 is 5.11 Å². The molecule has 5 nitrogen and oxygen atoms in total. The summed E-state index contributed by atoms with van der Waals surface area (Å²) >= 11 is 0. The Hall–Kier alpha value is -2.92. The average molecular weight is 391 g/mol. The van der Waals surface area contributed by atoms with Gasteiger partial charge < -0.3 is 15.7 Å². The summed E-state index contributed by atoms with van der Waals surface area (Å²) in [6.07, 6.45) is 6.38. The second-order valence-electron chi connectivity index (χ2n) is 7.19. The van der Waals surface area contributed by atoms with Gasteiger partial charge in [0.25, 0.3) is 0 Å². The van der Waals surface area contributed by atoms with Gasteiger partial charge in [0.15, 0.2) is 0 Å². The molecule has 0 radical (unpaired) electrons. The van der Waals surface area contributed by atoms with Crippen molar-refractivity contribution >= 4 is 5.95 Å². The van der Waals surface area contributed by atoms with Gasteiger partial charge in [-0.3, -0.25) is 0 Å². The van der Waals surface area contributed by atoms with Crippen LogP contribution in [0.25, 0.3) is 11.3 Å². The van der Waals surface area contributed by atoms with Crippen molar-refractivity contribution in [2.24, 2.45) is 0 Å². The molecule has 0 bridgehead atoms. The lowest BCUT2D eigenvalue weighted by molar-refractivity contribution is 0.475. The SMILES string of the molecule is CCCCCNCc1cccc(-c2ccnc(NCCc3ccc(O)cc3)n2)c1. The molecule has 0 spiro atoms. The van der Waals surface area contributed by atoms with Crippen molar-refractivity contribution in [3.8, 4) is 17.0 Å². The molecule has 0 amide bonds. The standard InChI is InChI=1S/C24H30N4O/c1-2-3-4-14-25-18-20-6-5-7-21(17-20)23-13-16-27-24(28-23)26-15-12-19-8-10-22(29)11-9-19/h5-11,13,16-17,25,29H,2-4,12,14-15,18H2,1H3,(H,26,27,28). The number of nitrogens with zero attached hydrogens (tertiary/aromatic N) is 2. The number of rotatable bonds is 11. The van der Waals surface area contributed by atoms with Gasteiger partial charge in [0, 0.05) is 24.8 Å². The van der Waals surface area contributed by atoms with E-state index in [0.717, 1.165) is 42.9 Å². The zero-order chi connectivity index (χ0) is 20.3. The third kappa shape index (κ3) is 6.88. The molecule has 0 aliphatic heterocycles. The number of phenols is 1. The maximum Gasteiger partial charge on any atom is 0.223 e. The third-order valence-electron chi connectivity index (χ3n) is 4.80. The number of aromatic hydroxyl groups is 1. The Bertz CT molecular complexity index is 880. The van der Waals surface area contributed by atoms with Crippen molar-refractivity contribution in [3.05, 3.63) is 71.9 Å². The first kappa shape index (κ1) is 20.8. The summed E-state index contributed by atoms with van der Waals surface area (Å²) in [6, 6.07) is 17.7. The summed E-state index contributed by atoms with van der Waals surface area (Å²) < 4.78 is 0. The van der Waals surface area contributed by atoms with Gasteiger partial charge in [0.1, 0.15) is 5.75 Å². The number of phenolic OH excluding ortho intramolecular Hbond substituents is 1. The number of hydrogen-bond acceptors (Lipinski definition) is 5. The molecule has 0 atom stereocenters. The van der Waals surface area contributed by atoms with Crippen LogP contribution >= 0.6 is 0 Å². The molecule has 0 fully saturated rings. The van der Waals surface area contributed by atoms with Crippen molar-refractivity contribution in [1.82, 2.24) is 15.3 Å². The van der Waals surface area contributed by atoms with Gasteiger partial charge in [-0.05, 0) is 54.8 Å². The van der Waals surface area contributed by atoms with Gasteiger partial charge in [-0.1, -0.05) is 50.1 Å². The topological polar surface area (TPSA) is 70.1 Å². The highest BCUT2D eigenvalue weighted by Gasteiger charge is 2.04. The molecule has 0 saturated heterocycles. The largest absolute Gasteiger partial charge is 0.508 e. The van der Waals surface area contributed by atoms with E-state index >= 15 is 0 Å². The van der Waals surface area contributed by atoms with E-state index in [-0.39, 0.29) is 5.75 Å². The van der Waals surface area contributed by atoms with Gasteiger partial charge in [-0.15, -0.1) is 0 Å². The molecular weight excluding hydrogens is 360 g/mol. The van der Waals surface area contributed by atoms with Gasteiger partial charge in [-0.2, -0.15) is 0 Å². The summed E-state index contributed by atoms with van der Waals surface area (Å²) in [7, 11) is 0. The predicted octanol–water partition coefficient (Wildman–Crippen LogP) is 4.78. The molecule has 0 unspecified atom stereocenters. The fraction of sp³-hybridized carbons (Fsp3) is 0.333. The van der Waals surface area contributed by atoms with Gasteiger partial charge in [0.2, 0.25) is 5.95 Å². The van der Waals surface area contributed by atoms with Gasteiger partial charge in [0.05, 0.1) is 5.69 Å². The smallest absolute Gasteiger partial charge is 0.223 e. The van der Waals surface area contributed by atoms with Crippen molar-refractivity contribution in [2.75, 3.05) is 18.4 Å². The zero-order valence-electron chi connectivity index (χ0n) is 17.1. The molecule has 0 aliphatic rings. The fourth-order valence-corrected chi connectivity index (χ4v) is 3.16. The summed E-state index contributed by atoms with van der Waals surface area (Å²) in [4.78, 5) is 9.00. The number of anilines is 1. The van der Waals surface area contributed by atoms with E-state index < -0.39 is 0 Å². The van der Waals surface area contributed by atoms with Crippen LogP contribution in [0.3, 0.4) is 0 Å². The van der Waals surface area contributed by atoms with Crippen molar-refractivity contribution in [1.29, 1.82) is 0 Å². The minimum Gasteiger partial charge on any atom is -0.508 e. The highest BCUT2D eigenvalue weighted by atomic mass is 16.3. The predicted molar refractivity (Wildman–Crippen MR) is 119 cm³/mol. The molecule has 1 heterocycles. The Labute approximate surface area is 173 Å². The summed E-state index contributed by atoms with van der Waals surface area (Å²) in [5, 5.41) is 16.2. The van der Waals surface area contributed by atoms with Crippen LogP contribution in [0.15, 0.2) is 60.8 Å². The summed E-state index contributed by atoms with van der Waals surface area (Å²) in [5.41, 5.74) is 4.44. The fourth-order valence-electron chi connectivity index (χ4n) is 3.16. The Morgan fingerprint density at radius 2 is 1.79 bits per heavy atom. The highest BCUT2D eigenvalue weighted by Crippen LogP contribution is 2.19. The zero-order valence-corrected chi connectivity index (χ0v) is 17.1. The van der Waals surface area contributed by atoms with Gasteiger partial charge >= 0.3 is 0 Å². The Kier molecular flexibility index (Phi) is 8.01. The van der Waals surface area contributed by atoms with E-state index in [4.69, 9.17) is 0 Å². The summed E-state index contributed by atoms with van der Waals surface area (Å²) in [6.45, 7) is 4.89. The van der Waals surface area contributed by atoms with E-state index in [1.165, 1.54) is 24.8 Å². The van der Waals surface area contributed by atoms with E-state index in [9.17, 15) is 5.11 Å². The maximum atomic E-state index is 9.36. The lowest BCUT2D eigenvalue weighted by Gasteiger charge is -2.09. The second-order valence-corrected chi connectivity index (χ2v) is 7.19. The van der Waals surface area contributed by atoms with Crippen LogP contribution in [0.1, 0.15) is 37.3 Å². The number of hydrogen-bond donors (Lipinski definition) is 3. The minimum absolute atomic E-state index is 0.288. The molecule has 3 aromatic rings. The lowest BCUT2D eigenvalue weighted by atomic mass is 10.1. The number of benzene rings is 2. The number of nitrogens with one attached hydrogen (secondary N) is 2. The Balaban J connectivity index is 1.55. The van der Waals surface area contributed by atoms with Crippen molar-refractivity contribution in [3.63, 3.8) is 0 Å². The van der Waals surface area contributed by atoms with Crippen LogP contribution in [-0.2, 0) is 13.0 Å². The lowest BCUT2D eigenvalue weighted by Crippen LogP contribution is -2.14. The first-order chi connectivity index (χ1) is 14.2. The number of unbranched alkanes of at least 4 members (excludes halogenated alkanes) is 2. The highest BCUT2D eigenvalue weighted by molar-refractivity contribution is 5.60. The molecule has 3 N–H and O–H groups in total.